The maximum atomic E-state index is 13.3. The molecule has 1 atom stereocenters. The van der Waals surface area contributed by atoms with Crippen molar-refractivity contribution in [2.24, 2.45) is 7.05 Å². The van der Waals surface area contributed by atoms with Crippen molar-refractivity contribution in [2.75, 3.05) is 7.05 Å². The van der Waals surface area contributed by atoms with E-state index in [4.69, 9.17) is 0 Å². The van der Waals surface area contributed by atoms with Crippen molar-refractivity contribution >= 4 is 5.91 Å². The number of amides is 1. The fourth-order valence-corrected chi connectivity index (χ4v) is 5.22. The molecule has 2 aromatic carbocycles. The van der Waals surface area contributed by atoms with E-state index in [9.17, 15) is 4.79 Å². The van der Waals surface area contributed by atoms with Gasteiger partial charge >= 0.3 is 0 Å². The molecule has 2 aliphatic rings. The summed E-state index contributed by atoms with van der Waals surface area (Å²) in [6.07, 6.45) is 5.12. The monoisotopic (exact) mass is 414 g/mol. The Labute approximate surface area is 184 Å². The number of nitrogens with zero attached hydrogens (tertiary/aromatic N) is 3. The summed E-state index contributed by atoms with van der Waals surface area (Å²) in [4.78, 5) is 15.0. The quantitative estimate of drug-likeness (QED) is 0.697. The van der Waals surface area contributed by atoms with Crippen LogP contribution in [-0.4, -0.2) is 39.7 Å². The van der Waals surface area contributed by atoms with Crippen LogP contribution in [0.4, 0.5) is 0 Å². The first-order valence-corrected chi connectivity index (χ1v) is 11.3. The first kappa shape index (κ1) is 20.0. The third-order valence-corrected chi connectivity index (χ3v) is 6.79. The highest BCUT2D eigenvalue weighted by molar-refractivity contribution is 5.94. The second kappa shape index (κ2) is 8.31. The van der Waals surface area contributed by atoms with Gasteiger partial charge in [0.1, 0.15) is 0 Å². The Hall–Kier alpha value is -2.92. The van der Waals surface area contributed by atoms with E-state index >= 15 is 0 Å². The average molecular weight is 415 g/mol. The SMILES string of the molecule is CN(Cc1ccccc1)C(=O)c1nn(C)c2c1C[C@@H](NC1Cc3ccccc3C1)CC2. The minimum absolute atomic E-state index is 0.00891. The number of fused-ring (bicyclic) bond motifs is 2. The number of hydrogen-bond acceptors (Lipinski definition) is 3. The van der Waals surface area contributed by atoms with E-state index in [-0.39, 0.29) is 5.91 Å². The Kier molecular flexibility index (Phi) is 5.36. The van der Waals surface area contributed by atoms with Crippen LogP contribution in [0.25, 0.3) is 0 Å². The predicted molar refractivity (Wildman–Crippen MR) is 122 cm³/mol. The molecule has 1 amide bonds. The lowest BCUT2D eigenvalue weighted by atomic mass is 9.90. The van der Waals surface area contributed by atoms with E-state index in [2.05, 4.69) is 46.8 Å². The Bertz CT molecular complexity index is 1060. The van der Waals surface area contributed by atoms with Crippen molar-refractivity contribution in [3.8, 4) is 0 Å². The second-order valence-corrected chi connectivity index (χ2v) is 9.02. The number of carbonyl (C=O) groups is 1. The highest BCUT2D eigenvalue weighted by Crippen LogP contribution is 2.28. The molecule has 2 aliphatic carbocycles. The standard InChI is InChI=1S/C26H30N4O/c1-29(17-18-8-4-3-5-9-18)26(31)25-23-16-21(12-13-24(23)30(2)28-25)27-22-14-19-10-6-7-11-20(19)15-22/h3-11,21-22,27H,12-17H2,1-2H3/t21-/m0/s1. The van der Waals surface area contributed by atoms with Gasteiger partial charge < -0.3 is 10.2 Å². The minimum Gasteiger partial charge on any atom is -0.336 e. The molecule has 1 N–H and O–H groups in total. The highest BCUT2D eigenvalue weighted by Gasteiger charge is 2.31. The molecule has 31 heavy (non-hydrogen) atoms. The van der Waals surface area contributed by atoms with Gasteiger partial charge in [-0.2, -0.15) is 5.10 Å². The van der Waals surface area contributed by atoms with Gasteiger partial charge in [-0.05, 0) is 48.8 Å². The van der Waals surface area contributed by atoms with E-state index in [0.717, 1.165) is 43.2 Å². The van der Waals surface area contributed by atoms with Gasteiger partial charge in [0.25, 0.3) is 5.91 Å². The number of aromatic nitrogens is 2. The van der Waals surface area contributed by atoms with Crippen LogP contribution < -0.4 is 5.32 Å². The Morgan fingerprint density at radius 1 is 1.03 bits per heavy atom. The van der Waals surface area contributed by atoms with Crippen LogP contribution in [0.5, 0.6) is 0 Å². The smallest absolute Gasteiger partial charge is 0.274 e. The maximum absolute atomic E-state index is 13.3. The molecule has 3 aromatic rings. The van der Waals surface area contributed by atoms with Crippen molar-refractivity contribution in [1.29, 1.82) is 0 Å². The number of benzene rings is 2. The summed E-state index contributed by atoms with van der Waals surface area (Å²) in [7, 11) is 3.83. The molecule has 0 fully saturated rings. The molecule has 5 rings (SSSR count). The molecule has 0 spiro atoms. The van der Waals surface area contributed by atoms with Gasteiger partial charge in [0.2, 0.25) is 0 Å². The molecule has 1 heterocycles. The van der Waals surface area contributed by atoms with Gasteiger partial charge in [0.15, 0.2) is 5.69 Å². The Balaban J connectivity index is 1.29. The summed E-state index contributed by atoms with van der Waals surface area (Å²) >= 11 is 0. The highest BCUT2D eigenvalue weighted by atomic mass is 16.2. The summed E-state index contributed by atoms with van der Waals surface area (Å²) < 4.78 is 1.92. The number of rotatable bonds is 5. The van der Waals surface area contributed by atoms with Gasteiger partial charge in [-0.3, -0.25) is 9.48 Å². The van der Waals surface area contributed by atoms with Gasteiger partial charge in [0.05, 0.1) is 0 Å². The van der Waals surface area contributed by atoms with Crippen molar-refractivity contribution in [3.05, 3.63) is 88.2 Å². The third kappa shape index (κ3) is 4.02. The molecule has 0 aliphatic heterocycles. The van der Waals surface area contributed by atoms with E-state index in [0.29, 0.717) is 24.3 Å². The van der Waals surface area contributed by atoms with Gasteiger partial charge in [-0.15, -0.1) is 0 Å². The minimum atomic E-state index is 0.00891. The molecule has 0 unspecified atom stereocenters. The van der Waals surface area contributed by atoms with E-state index in [1.54, 1.807) is 4.90 Å². The van der Waals surface area contributed by atoms with Gasteiger partial charge in [-0.25, -0.2) is 0 Å². The van der Waals surface area contributed by atoms with E-state index in [1.165, 1.54) is 16.8 Å². The molecule has 5 heteroatoms. The van der Waals surface area contributed by atoms with Crippen LogP contribution in [0.1, 0.15) is 44.9 Å². The number of carbonyl (C=O) groups excluding carboxylic acids is 1. The van der Waals surface area contributed by atoms with Crippen LogP contribution in [0.3, 0.4) is 0 Å². The summed E-state index contributed by atoms with van der Waals surface area (Å²) in [6, 6.07) is 19.8. The molecule has 0 saturated carbocycles. The molecular formula is C26H30N4O. The summed E-state index contributed by atoms with van der Waals surface area (Å²) in [5.41, 5.74) is 7.03. The van der Waals surface area contributed by atoms with Crippen molar-refractivity contribution in [3.63, 3.8) is 0 Å². The largest absolute Gasteiger partial charge is 0.336 e. The van der Waals surface area contributed by atoms with Crippen LogP contribution in [0, 0.1) is 0 Å². The lowest BCUT2D eigenvalue weighted by molar-refractivity contribution is 0.0777. The summed E-state index contributed by atoms with van der Waals surface area (Å²) in [5, 5.41) is 8.54. The Morgan fingerprint density at radius 2 is 1.71 bits per heavy atom. The van der Waals surface area contributed by atoms with Crippen molar-refractivity contribution in [1.82, 2.24) is 20.0 Å². The zero-order valence-electron chi connectivity index (χ0n) is 18.3. The topological polar surface area (TPSA) is 50.2 Å². The van der Waals surface area contributed by atoms with Gasteiger partial charge in [-0.1, -0.05) is 54.6 Å². The molecule has 5 nitrogen and oxygen atoms in total. The Morgan fingerprint density at radius 3 is 2.42 bits per heavy atom. The molecular weight excluding hydrogens is 384 g/mol. The molecule has 1 aromatic heterocycles. The maximum Gasteiger partial charge on any atom is 0.274 e. The fourth-order valence-electron chi connectivity index (χ4n) is 5.22. The first-order valence-electron chi connectivity index (χ1n) is 11.3. The average Bonchev–Trinajstić information content (AvgIpc) is 3.34. The number of hydrogen-bond donors (Lipinski definition) is 1. The number of aryl methyl sites for hydroxylation is 1. The van der Waals surface area contributed by atoms with Crippen LogP contribution in [0.2, 0.25) is 0 Å². The zero-order valence-corrected chi connectivity index (χ0v) is 18.3. The van der Waals surface area contributed by atoms with Crippen LogP contribution >= 0.6 is 0 Å². The lowest BCUT2D eigenvalue weighted by Crippen LogP contribution is -2.42. The molecule has 160 valence electrons. The third-order valence-electron chi connectivity index (χ3n) is 6.79. The summed E-state index contributed by atoms with van der Waals surface area (Å²) in [5.74, 6) is 0.00891. The molecule has 0 radical (unpaired) electrons. The summed E-state index contributed by atoms with van der Waals surface area (Å²) in [6.45, 7) is 0.590. The normalized spacial score (nSPS) is 17.9. The lowest BCUT2D eigenvalue weighted by Gasteiger charge is -2.27. The molecule has 0 bridgehead atoms. The predicted octanol–water partition coefficient (Wildman–Crippen LogP) is 3.31. The first-order chi connectivity index (χ1) is 15.1. The van der Waals surface area contributed by atoms with E-state index < -0.39 is 0 Å². The molecule has 0 saturated heterocycles. The van der Waals surface area contributed by atoms with Crippen LogP contribution in [0.15, 0.2) is 54.6 Å². The fraction of sp³-hybridized carbons (Fsp3) is 0.385. The second-order valence-electron chi connectivity index (χ2n) is 9.02. The number of nitrogens with one attached hydrogen (secondary N) is 1. The van der Waals surface area contributed by atoms with Crippen molar-refractivity contribution in [2.45, 2.75) is 50.7 Å². The van der Waals surface area contributed by atoms with Crippen LogP contribution in [-0.2, 0) is 39.3 Å². The van der Waals surface area contributed by atoms with E-state index in [1.807, 2.05) is 37.0 Å². The van der Waals surface area contributed by atoms with Crippen molar-refractivity contribution < 1.29 is 4.79 Å². The van der Waals surface area contributed by atoms with Gasteiger partial charge in [0, 0.05) is 44.0 Å². The zero-order chi connectivity index (χ0) is 21.4.